The monoisotopic (exact) mass is 236 g/mol. The predicted octanol–water partition coefficient (Wildman–Crippen LogP) is 3.17. The number of hydrogen-bond acceptors (Lipinski definition) is 2. The van der Waals surface area contributed by atoms with Gasteiger partial charge >= 0.3 is 0 Å². The van der Waals surface area contributed by atoms with E-state index in [-0.39, 0.29) is 5.41 Å². The van der Waals surface area contributed by atoms with Crippen LogP contribution in [0.1, 0.15) is 33.3 Å². The maximum absolute atomic E-state index is 5.69. The van der Waals surface area contributed by atoms with Crippen LogP contribution in [0.4, 0.5) is 5.69 Å². The Hall–Kier alpha value is -1.09. The standard InChI is InChI=1S/C13H20N2S/c1-9(13(2,3)4)15-11-8-6-5-7-10(11)12(14)16/h5-9,15H,1-4H3,(H2,14,16). The molecule has 0 radical (unpaired) electrons. The van der Waals surface area contributed by atoms with Crippen LogP contribution in [0, 0.1) is 5.41 Å². The van der Waals surface area contributed by atoms with Gasteiger partial charge in [-0.25, -0.2) is 0 Å². The third kappa shape index (κ3) is 3.20. The largest absolute Gasteiger partial charge is 0.389 e. The molecule has 3 N–H and O–H groups in total. The third-order valence-electron chi connectivity index (χ3n) is 2.86. The van der Waals surface area contributed by atoms with Crippen LogP contribution in [-0.2, 0) is 0 Å². The molecule has 1 rings (SSSR count). The molecule has 0 saturated carbocycles. The Morgan fingerprint density at radius 1 is 1.31 bits per heavy atom. The average Bonchev–Trinajstić information content (AvgIpc) is 2.16. The molecule has 0 aliphatic heterocycles. The Morgan fingerprint density at radius 3 is 2.38 bits per heavy atom. The summed E-state index contributed by atoms with van der Waals surface area (Å²) in [5.41, 5.74) is 7.81. The van der Waals surface area contributed by atoms with Crippen molar-refractivity contribution in [2.75, 3.05) is 5.32 Å². The van der Waals surface area contributed by atoms with E-state index in [1.54, 1.807) is 0 Å². The summed E-state index contributed by atoms with van der Waals surface area (Å²) in [5.74, 6) is 0. The van der Waals surface area contributed by atoms with E-state index in [1.165, 1.54) is 0 Å². The highest BCUT2D eigenvalue weighted by Crippen LogP contribution is 2.24. The van der Waals surface area contributed by atoms with E-state index in [2.05, 4.69) is 33.0 Å². The van der Waals surface area contributed by atoms with Crippen molar-refractivity contribution in [3.8, 4) is 0 Å². The fourth-order valence-corrected chi connectivity index (χ4v) is 1.45. The van der Waals surface area contributed by atoms with Crippen molar-refractivity contribution in [3.05, 3.63) is 29.8 Å². The molecule has 88 valence electrons. The Morgan fingerprint density at radius 2 is 1.88 bits per heavy atom. The molecule has 0 bridgehead atoms. The SMILES string of the molecule is CC(Nc1ccccc1C(N)=S)C(C)(C)C. The van der Waals surface area contributed by atoms with Gasteiger partial charge in [0.15, 0.2) is 0 Å². The molecule has 0 aliphatic rings. The number of nitrogens with one attached hydrogen (secondary N) is 1. The smallest absolute Gasteiger partial charge is 0.106 e. The molecule has 1 atom stereocenters. The summed E-state index contributed by atoms with van der Waals surface area (Å²) in [5, 5.41) is 3.46. The minimum Gasteiger partial charge on any atom is -0.389 e. The second-order valence-electron chi connectivity index (χ2n) is 5.14. The van der Waals surface area contributed by atoms with Gasteiger partial charge in [0.2, 0.25) is 0 Å². The van der Waals surface area contributed by atoms with Crippen LogP contribution >= 0.6 is 12.2 Å². The van der Waals surface area contributed by atoms with Gasteiger partial charge in [0.05, 0.1) is 0 Å². The molecule has 1 aromatic rings. The van der Waals surface area contributed by atoms with E-state index in [0.717, 1.165) is 11.3 Å². The summed E-state index contributed by atoms with van der Waals surface area (Å²) in [6.45, 7) is 8.77. The molecule has 0 heterocycles. The van der Waals surface area contributed by atoms with E-state index in [1.807, 2.05) is 24.3 Å². The zero-order valence-electron chi connectivity index (χ0n) is 10.4. The molecule has 2 nitrogen and oxygen atoms in total. The number of para-hydroxylation sites is 1. The Kier molecular flexibility index (Phi) is 3.92. The van der Waals surface area contributed by atoms with Crippen molar-refractivity contribution < 1.29 is 0 Å². The highest BCUT2D eigenvalue weighted by molar-refractivity contribution is 7.80. The van der Waals surface area contributed by atoms with Crippen molar-refractivity contribution >= 4 is 22.9 Å². The van der Waals surface area contributed by atoms with Gasteiger partial charge in [-0.3, -0.25) is 0 Å². The summed E-state index contributed by atoms with van der Waals surface area (Å²) in [6, 6.07) is 8.24. The quantitative estimate of drug-likeness (QED) is 0.792. The molecule has 16 heavy (non-hydrogen) atoms. The van der Waals surface area contributed by atoms with Gasteiger partial charge in [0.1, 0.15) is 4.99 Å². The molecule has 0 aromatic heterocycles. The Bertz CT molecular complexity index is 380. The lowest BCUT2D eigenvalue weighted by Gasteiger charge is -2.29. The molecule has 0 aliphatic carbocycles. The molecule has 1 unspecified atom stereocenters. The van der Waals surface area contributed by atoms with Crippen LogP contribution in [0.2, 0.25) is 0 Å². The summed E-state index contributed by atoms with van der Waals surface area (Å²) in [4.78, 5) is 0.434. The zero-order valence-corrected chi connectivity index (χ0v) is 11.2. The normalized spacial score (nSPS) is 13.2. The third-order valence-corrected chi connectivity index (χ3v) is 3.08. The highest BCUT2D eigenvalue weighted by Gasteiger charge is 2.20. The summed E-state index contributed by atoms with van der Waals surface area (Å²) < 4.78 is 0. The number of rotatable bonds is 3. The maximum Gasteiger partial charge on any atom is 0.106 e. The van der Waals surface area contributed by atoms with Crippen LogP contribution in [0.5, 0.6) is 0 Å². The minimum atomic E-state index is 0.198. The van der Waals surface area contributed by atoms with Gasteiger partial charge in [-0.05, 0) is 24.5 Å². The van der Waals surface area contributed by atoms with Gasteiger partial charge < -0.3 is 11.1 Å². The van der Waals surface area contributed by atoms with Crippen LogP contribution in [0.3, 0.4) is 0 Å². The number of benzene rings is 1. The van der Waals surface area contributed by atoms with Crippen LogP contribution < -0.4 is 11.1 Å². The molecular weight excluding hydrogens is 216 g/mol. The summed E-state index contributed by atoms with van der Waals surface area (Å²) in [7, 11) is 0. The van der Waals surface area contributed by atoms with E-state index >= 15 is 0 Å². The van der Waals surface area contributed by atoms with Gasteiger partial charge in [-0.2, -0.15) is 0 Å². The second kappa shape index (κ2) is 4.83. The number of nitrogens with two attached hydrogens (primary N) is 1. The van der Waals surface area contributed by atoms with E-state index < -0.39 is 0 Å². The predicted molar refractivity (Wildman–Crippen MR) is 74.9 cm³/mol. The first-order valence-electron chi connectivity index (χ1n) is 5.47. The van der Waals surface area contributed by atoms with Gasteiger partial charge in [0.25, 0.3) is 0 Å². The Labute approximate surface area is 103 Å². The van der Waals surface area contributed by atoms with Gasteiger partial charge in [-0.15, -0.1) is 0 Å². The molecular formula is C13H20N2S. The van der Waals surface area contributed by atoms with Gasteiger partial charge in [-0.1, -0.05) is 45.1 Å². The topological polar surface area (TPSA) is 38.0 Å². The fourth-order valence-electron chi connectivity index (χ4n) is 1.27. The average molecular weight is 236 g/mol. The first-order chi connectivity index (χ1) is 7.32. The van der Waals surface area contributed by atoms with Crippen molar-refractivity contribution in [2.24, 2.45) is 11.1 Å². The lowest BCUT2D eigenvalue weighted by molar-refractivity contribution is 0.359. The highest BCUT2D eigenvalue weighted by atomic mass is 32.1. The second-order valence-corrected chi connectivity index (χ2v) is 5.58. The van der Waals surface area contributed by atoms with E-state index in [0.29, 0.717) is 11.0 Å². The lowest BCUT2D eigenvalue weighted by Crippen LogP contribution is -2.31. The first kappa shape index (κ1) is 13.0. The van der Waals surface area contributed by atoms with Gasteiger partial charge in [0, 0.05) is 17.3 Å². The van der Waals surface area contributed by atoms with Crippen molar-refractivity contribution in [2.45, 2.75) is 33.7 Å². The minimum absolute atomic E-state index is 0.198. The van der Waals surface area contributed by atoms with E-state index in [4.69, 9.17) is 18.0 Å². The Balaban J connectivity index is 2.93. The maximum atomic E-state index is 5.69. The zero-order chi connectivity index (χ0) is 12.3. The lowest BCUT2D eigenvalue weighted by atomic mass is 9.88. The van der Waals surface area contributed by atoms with Crippen molar-refractivity contribution in [1.29, 1.82) is 0 Å². The molecule has 1 aromatic carbocycles. The van der Waals surface area contributed by atoms with Crippen LogP contribution in [0.25, 0.3) is 0 Å². The summed E-state index contributed by atoms with van der Waals surface area (Å²) in [6.07, 6.45) is 0. The number of thiocarbonyl (C=S) groups is 1. The molecule has 0 fully saturated rings. The molecule has 3 heteroatoms. The van der Waals surface area contributed by atoms with Crippen molar-refractivity contribution in [3.63, 3.8) is 0 Å². The molecule has 0 saturated heterocycles. The van der Waals surface area contributed by atoms with Crippen LogP contribution in [-0.4, -0.2) is 11.0 Å². The number of hydrogen-bond donors (Lipinski definition) is 2. The summed E-state index contributed by atoms with van der Waals surface area (Å²) >= 11 is 5.03. The molecule has 0 spiro atoms. The number of anilines is 1. The van der Waals surface area contributed by atoms with E-state index in [9.17, 15) is 0 Å². The first-order valence-corrected chi connectivity index (χ1v) is 5.88. The van der Waals surface area contributed by atoms with Crippen LogP contribution in [0.15, 0.2) is 24.3 Å². The molecule has 0 amide bonds. The fraction of sp³-hybridized carbons (Fsp3) is 0.462. The van der Waals surface area contributed by atoms with Crippen molar-refractivity contribution in [1.82, 2.24) is 0 Å².